The van der Waals surface area contributed by atoms with E-state index >= 15 is 0 Å². The van der Waals surface area contributed by atoms with Crippen molar-refractivity contribution in [3.8, 4) is 0 Å². The number of aliphatic carboxylic acids is 1. The first-order chi connectivity index (χ1) is 12.7. The number of nitrogens with one attached hydrogen (secondary N) is 1. The Hall–Kier alpha value is -2.27. The van der Waals surface area contributed by atoms with Crippen molar-refractivity contribution < 1.29 is 63.4 Å². The topological polar surface area (TPSA) is 159 Å². The molecule has 4 amide bonds. The van der Waals surface area contributed by atoms with Crippen molar-refractivity contribution in [2.75, 3.05) is 0 Å². The van der Waals surface area contributed by atoms with Gasteiger partial charge in [-0.1, -0.05) is 30.3 Å². The van der Waals surface area contributed by atoms with E-state index in [4.69, 9.17) is 10.5 Å². The molecule has 0 aliphatic carbocycles. The summed E-state index contributed by atoms with van der Waals surface area (Å²) in [7, 11) is 0. The maximum absolute atomic E-state index is 12.5. The molecule has 0 bridgehead atoms. The largest absolute Gasteiger partial charge is 1.00 e. The second kappa shape index (κ2) is 10.3. The van der Waals surface area contributed by atoms with E-state index in [2.05, 4.69) is 0 Å². The van der Waals surface area contributed by atoms with Gasteiger partial charge >= 0.3 is 35.7 Å². The van der Waals surface area contributed by atoms with Crippen molar-refractivity contribution >= 4 is 29.8 Å². The van der Waals surface area contributed by atoms with Gasteiger partial charge < -0.3 is 20.4 Å². The van der Waals surface area contributed by atoms with Crippen LogP contribution in [-0.2, 0) is 30.5 Å². The van der Waals surface area contributed by atoms with Crippen LogP contribution in [-0.4, -0.2) is 46.8 Å². The maximum Gasteiger partial charge on any atom is 1.00 e. The first-order valence-corrected chi connectivity index (χ1v) is 8.06. The number of hydrogen-bond donors (Lipinski definition) is 2. The Labute approximate surface area is 182 Å². The molecule has 10 nitrogen and oxygen atoms in total. The number of hydrogen-bond acceptors (Lipinski definition) is 8. The molecule has 1 saturated heterocycles. The van der Waals surface area contributed by atoms with Crippen LogP contribution in [0.15, 0.2) is 30.3 Å². The van der Waals surface area contributed by atoms with E-state index in [9.17, 15) is 29.1 Å². The molecule has 1 heterocycles. The van der Waals surface area contributed by atoms with E-state index in [-0.39, 0.29) is 41.1 Å². The van der Waals surface area contributed by atoms with Gasteiger partial charge in [0, 0.05) is 6.42 Å². The van der Waals surface area contributed by atoms with E-state index in [1.807, 2.05) is 5.32 Å². The molecule has 1 aliphatic heterocycles. The number of ether oxygens (including phenoxy) is 1. The van der Waals surface area contributed by atoms with Crippen molar-refractivity contribution in [1.82, 2.24) is 10.2 Å². The molecule has 1 aromatic carbocycles. The molecule has 0 radical (unpaired) electrons. The van der Waals surface area contributed by atoms with Gasteiger partial charge in [-0.05, 0) is 12.5 Å². The summed E-state index contributed by atoms with van der Waals surface area (Å²) in [5, 5.41) is 13.6. The number of carbonyl (C=O) groups excluding carboxylic acids is 5. The standard InChI is InChI=1S/C17H19N3O7.Na/c1-9(18)15(23)20(17(26)27-8-10-5-3-2-4-6-10)13(16(24)25)11-7-12(21)19-14(11)22;/h2-6,9,11,13H,7-8,18H2,1H3,(H,24,25)(H,19,21,22);/q;+1/p-1/t9-,11?,13?;/m0./s1. The van der Waals surface area contributed by atoms with Gasteiger partial charge in [0.1, 0.15) is 6.61 Å². The fourth-order valence-corrected chi connectivity index (χ4v) is 2.63. The van der Waals surface area contributed by atoms with Crippen LogP contribution in [0.25, 0.3) is 0 Å². The first kappa shape index (κ1) is 23.8. The minimum Gasteiger partial charge on any atom is -0.548 e. The molecule has 3 atom stereocenters. The minimum atomic E-state index is -2.03. The van der Waals surface area contributed by atoms with E-state index in [0.29, 0.717) is 5.56 Å². The maximum atomic E-state index is 12.5. The van der Waals surface area contributed by atoms with Gasteiger partial charge in [0.05, 0.1) is 24.0 Å². The van der Waals surface area contributed by atoms with Gasteiger partial charge in [0.25, 0.3) is 0 Å². The molecule has 1 fully saturated rings. The van der Waals surface area contributed by atoms with Crippen molar-refractivity contribution in [2.24, 2.45) is 11.7 Å². The summed E-state index contributed by atoms with van der Waals surface area (Å²) in [4.78, 5) is 60.0. The van der Waals surface area contributed by atoms with Crippen LogP contribution in [0, 0.1) is 5.92 Å². The fourth-order valence-electron chi connectivity index (χ4n) is 2.63. The number of imide groups is 2. The van der Waals surface area contributed by atoms with Crippen LogP contribution in [0.3, 0.4) is 0 Å². The summed E-state index contributed by atoms with van der Waals surface area (Å²) >= 11 is 0. The predicted molar refractivity (Wildman–Crippen MR) is 87.2 cm³/mol. The monoisotopic (exact) mass is 399 g/mol. The Morgan fingerprint density at radius 3 is 2.36 bits per heavy atom. The van der Waals surface area contributed by atoms with Crippen molar-refractivity contribution in [3.63, 3.8) is 0 Å². The summed E-state index contributed by atoms with van der Waals surface area (Å²) in [6, 6.07) is 5.18. The summed E-state index contributed by atoms with van der Waals surface area (Å²) in [5.41, 5.74) is 6.10. The number of nitrogens with zero attached hydrogens (tertiary/aromatic N) is 1. The van der Waals surface area contributed by atoms with Gasteiger partial charge in [-0.25, -0.2) is 9.69 Å². The quantitative estimate of drug-likeness (QED) is 0.356. The van der Waals surface area contributed by atoms with Gasteiger partial charge in [-0.2, -0.15) is 0 Å². The van der Waals surface area contributed by atoms with Gasteiger partial charge in [-0.3, -0.25) is 19.7 Å². The summed E-state index contributed by atoms with van der Waals surface area (Å²) in [6.07, 6.45) is -1.81. The van der Waals surface area contributed by atoms with E-state index < -0.39 is 54.2 Å². The third kappa shape index (κ3) is 5.61. The predicted octanol–water partition coefficient (Wildman–Crippen LogP) is -4.72. The molecule has 28 heavy (non-hydrogen) atoms. The summed E-state index contributed by atoms with van der Waals surface area (Å²) in [5.74, 6) is -6.09. The number of carbonyl (C=O) groups is 5. The molecule has 1 aliphatic rings. The SMILES string of the molecule is C[C@H](N)C(=O)N(C(=O)OCc1ccccc1)C(C(=O)[O-])C1CC(=O)NC1=O.[Na+]. The minimum absolute atomic E-state index is 0. The fraction of sp³-hybridized carbons (Fsp3) is 0.353. The Bertz CT molecular complexity index is 769. The third-order valence-electron chi connectivity index (χ3n) is 3.93. The van der Waals surface area contributed by atoms with Crippen molar-refractivity contribution in [3.05, 3.63) is 35.9 Å². The number of carboxylic acid groups (broad SMARTS) is 1. The van der Waals surface area contributed by atoms with E-state index in [1.54, 1.807) is 30.3 Å². The molecule has 3 N–H and O–H groups in total. The first-order valence-electron chi connectivity index (χ1n) is 8.06. The van der Waals surface area contributed by atoms with Gasteiger partial charge in [-0.15, -0.1) is 0 Å². The summed E-state index contributed by atoms with van der Waals surface area (Å²) in [6.45, 7) is 1.00. The molecular formula is C17H18N3NaO7. The van der Waals surface area contributed by atoms with Gasteiger partial charge in [0.15, 0.2) is 0 Å². The Morgan fingerprint density at radius 1 is 1.29 bits per heavy atom. The van der Waals surface area contributed by atoms with E-state index in [0.717, 1.165) is 0 Å². The molecule has 11 heteroatoms. The smallest absolute Gasteiger partial charge is 0.548 e. The Morgan fingerprint density at radius 2 is 1.89 bits per heavy atom. The number of rotatable bonds is 6. The van der Waals surface area contributed by atoms with Crippen LogP contribution in [0.1, 0.15) is 18.9 Å². The van der Waals surface area contributed by atoms with Gasteiger partial charge in [0.2, 0.25) is 17.7 Å². The molecule has 0 aromatic heterocycles. The number of nitrogens with two attached hydrogens (primary N) is 1. The molecule has 2 rings (SSSR count). The normalized spacial score (nSPS) is 17.7. The van der Waals surface area contributed by atoms with Crippen LogP contribution in [0.5, 0.6) is 0 Å². The zero-order valence-electron chi connectivity index (χ0n) is 15.4. The van der Waals surface area contributed by atoms with Crippen LogP contribution >= 0.6 is 0 Å². The Kier molecular flexibility index (Phi) is 8.76. The average Bonchev–Trinajstić information content (AvgIpc) is 2.95. The molecule has 0 spiro atoms. The molecule has 0 saturated carbocycles. The second-order valence-corrected chi connectivity index (χ2v) is 6.02. The Balaban J connectivity index is 0.00000392. The number of benzene rings is 1. The molecule has 2 unspecified atom stereocenters. The van der Waals surface area contributed by atoms with Crippen molar-refractivity contribution in [2.45, 2.75) is 32.0 Å². The van der Waals surface area contributed by atoms with Crippen molar-refractivity contribution in [1.29, 1.82) is 0 Å². The summed E-state index contributed by atoms with van der Waals surface area (Å²) < 4.78 is 5.02. The molecule has 1 aromatic rings. The van der Waals surface area contributed by atoms with Crippen LogP contribution in [0.2, 0.25) is 0 Å². The molecule has 144 valence electrons. The van der Waals surface area contributed by atoms with Crippen LogP contribution in [0.4, 0.5) is 4.79 Å². The number of amides is 4. The zero-order chi connectivity index (χ0) is 20.1. The second-order valence-electron chi connectivity index (χ2n) is 6.02. The van der Waals surface area contributed by atoms with E-state index in [1.165, 1.54) is 6.92 Å². The zero-order valence-corrected chi connectivity index (χ0v) is 17.4. The third-order valence-corrected chi connectivity index (χ3v) is 3.93. The average molecular weight is 399 g/mol. The number of carboxylic acids is 1. The van der Waals surface area contributed by atoms with Crippen LogP contribution < -0.4 is 45.7 Å². The molecular weight excluding hydrogens is 381 g/mol.